The summed E-state index contributed by atoms with van der Waals surface area (Å²) in [7, 11) is 1.66. The summed E-state index contributed by atoms with van der Waals surface area (Å²) < 4.78 is 16.4. The number of aromatic nitrogens is 2. The number of thioether (sulfide) groups is 1. The maximum atomic E-state index is 12.2. The van der Waals surface area contributed by atoms with E-state index in [9.17, 15) is 9.59 Å². The second kappa shape index (κ2) is 15.2. The third kappa shape index (κ3) is 9.80. The maximum Gasteiger partial charge on any atom is 0.277 e. The van der Waals surface area contributed by atoms with Gasteiger partial charge in [-0.15, -0.1) is 10.2 Å². The van der Waals surface area contributed by atoms with Crippen LogP contribution in [0, 0.1) is 6.92 Å². The lowest BCUT2D eigenvalue weighted by molar-refractivity contribution is -0.119. The minimum absolute atomic E-state index is 0.0852. The van der Waals surface area contributed by atoms with Crippen LogP contribution in [0.25, 0.3) is 0 Å². The van der Waals surface area contributed by atoms with Crippen molar-refractivity contribution in [3.63, 3.8) is 0 Å². The lowest BCUT2D eigenvalue weighted by Crippen LogP contribution is -2.20. The Morgan fingerprint density at radius 3 is 2.51 bits per heavy atom. The van der Waals surface area contributed by atoms with Crippen molar-refractivity contribution in [1.29, 1.82) is 0 Å². The SMILES string of the molecule is COc1ccc(CCCc2nnc(SCC(=O)NN=Cc3ccc(OCC(=O)Nc4ccccc4)cc3)o2)c(C)c1. The van der Waals surface area contributed by atoms with E-state index in [1.807, 2.05) is 30.3 Å². The zero-order chi connectivity index (χ0) is 28.9. The Morgan fingerprint density at radius 2 is 1.76 bits per heavy atom. The molecule has 1 heterocycles. The quantitative estimate of drug-likeness (QED) is 0.125. The number of rotatable bonds is 14. The topological polar surface area (TPSA) is 128 Å². The van der Waals surface area contributed by atoms with E-state index in [1.54, 1.807) is 43.5 Å². The van der Waals surface area contributed by atoms with E-state index >= 15 is 0 Å². The number of carbonyl (C=O) groups excluding carboxylic acids is 2. The highest BCUT2D eigenvalue weighted by atomic mass is 32.2. The molecular formula is C30H31N5O5S. The van der Waals surface area contributed by atoms with Gasteiger partial charge in [0, 0.05) is 12.1 Å². The minimum atomic E-state index is -0.301. The van der Waals surface area contributed by atoms with Crippen LogP contribution in [0.2, 0.25) is 0 Å². The molecule has 2 amide bonds. The van der Waals surface area contributed by atoms with E-state index in [4.69, 9.17) is 13.9 Å². The molecule has 0 radical (unpaired) electrons. The minimum Gasteiger partial charge on any atom is -0.497 e. The number of hydrogen-bond donors (Lipinski definition) is 2. The average molecular weight is 574 g/mol. The lowest BCUT2D eigenvalue weighted by atomic mass is 10.0. The molecule has 0 bridgehead atoms. The molecular weight excluding hydrogens is 542 g/mol. The molecule has 0 aliphatic rings. The highest BCUT2D eigenvalue weighted by molar-refractivity contribution is 7.99. The summed E-state index contributed by atoms with van der Waals surface area (Å²) in [6, 6.07) is 22.2. The number of carbonyl (C=O) groups is 2. The fourth-order valence-corrected chi connectivity index (χ4v) is 4.33. The van der Waals surface area contributed by atoms with E-state index in [0.717, 1.165) is 35.9 Å². The molecule has 212 valence electrons. The molecule has 0 atom stereocenters. The largest absolute Gasteiger partial charge is 0.497 e. The molecule has 41 heavy (non-hydrogen) atoms. The number of aryl methyl sites for hydroxylation is 3. The fraction of sp³-hybridized carbons (Fsp3) is 0.233. The van der Waals surface area contributed by atoms with Crippen molar-refractivity contribution in [3.05, 3.63) is 95.4 Å². The number of benzene rings is 3. The predicted molar refractivity (Wildman–Crippen MR) is 158 cm³/mol. The molecule has 10 nitrogen and oxygen atoms in total. The van der Waals surface area contributed by atoms with Crippen molar-refractivity contribution in [2.75, 3.05) is 24.8 Å². The Labute approximate surface area is 242 Å². The number of methoxy groups -OCH3 is 1. The van der Waals surface area contributed by atoms with Crippen LogP contribution in [0.1, 0.15) is 29.0 Å². The summed E-state index contributed by atoms with van der Waals surface area (Å²) in [5.41, 5.74) is 6.38. The molecule has 4 aromatic rings. The number of anilines is 1. The van der Waals surface area contributed by atoms with Crippen molar-refractivity contribution in [1.82, 2.24) is 15.6 Å². The molecule has 0 saturated carbocycles. The fourth-order valence-electron chi connectivity index (χ4n) is 3.76. The van der Waals surface area contributed by atoms with Gasteiger partial charge < -0.3 is 19.2 Å². The van der Waals surface area contributed by atoms with E-state index in [2.05, 4.69) is 39.0 Å². The summed E-state index contributed by atoms with van der Waals surface area (Å²) in [5.74, 6) is 1.47. The highest BCUT2D eigenvalue weighted by Crippen LogP contribution is 2.20. The van der Waals surface area contributed by atoms with Gasteiger partial charge in [0.2, 0.25) is 5.89 Å². The second-order valence-corrected chi connectivity index (χ2v) is 9.89. The Balaban J connectivity index is 1.12. The first-order valence-corrected chi connectivity index (χ1v) is 14.0. The number of para-hydroxylation sites is 1. The molecule has 0 aliphatic carbocycles. The summed E-state index contributed by atoms with van der Waals surface area (Å²) in [4.78, 5) is 24.2. The summed E-state index contributed by atoms with van der Waals surface area (Å²) in [6.07, 6.45) is 3.93. The molecule has 0 aliphatic heterocycles. The third-order valence-electron chi connectivity index (χ3n) is 5.87. The maximum absolute atomic E-state index is 12.2. The first-order chi connectivity index (χ1) is 20.0. The first kappa shape index (κ1) is 29.3. The molecule has 1 aromatic heterocycles. The molecule has 0 unspecified atom stereocenters. The highest BCUT2D eigenvalue weighted by Gasteiger charge is 2.10. The Morgan fingerprint density at radius 1 is 0.976 bits per heavy atom. The van der Waals surface area contributed by atoms with Crippen LogP contribution >= 0.6 is 11.8 Å². The summed E-state index contributed by atoms with van der Waals surface area (Å²) >= 11 is 1.15. The Bertz CT molecular complexity index is 1460. The van der Waals surface area contributed by atoms with Crippen molar-refractivity contribution >= 4 is 35.5 Å². The van der Waals surface area contributed by atoms with Gasteiger partial charge in [0.15, 0.2) is 6.61 Å². The van der Waals surface area contributed by atoms with Gasteiger partial charge >= 0.3 is 0 Å². The summed E-state index contributed by atoms with van der Waals surface area (Å²) in [5, 5.41) is 15.2. The van der Waals surface area contributed by atoms with Crippen LogP contribution in [0.4, 0.5) is 5.69 Å². The number of nitrogens with zero attached hydrogens (tertiary/aromatic N) is 3. The zero-order valence-electron chi connectivity index (χ0n) is 22.8. The van der Waals surface area contributed by atoms with Crippen LogP contribution < -0.4 is 20.2 Å². The molecule has 11 heteroatoms. The summed E-state index contributed by atoms with van der Waals surface area (Å²) in [6.45, 7) is 1.96. The van der Waals surface area contributed by atoms with E-state index < -0.39 is 0 Å². The molecule has 0 saturated heterocycles. The van der Waals surface area contributed by atoms with Gasteiger partial charge in [-0.1, -0.05) is 36.0 Å². The molecule has 4 rings (SSSR count). The van der Waals surface area contributed by atoms with Crippen molar-refractivity contribution in [2.45, 2.75) is 31.4 Å². The molecule has 0 fully saturated rings. The monoisotopic (exact) mass is 573 g/mol. The smallest absolute Gasteiger partial charge is 0.277 e. The molecule has 3 aromatic carbocycles. The van der Waals surface area contributed by atoms with E-state index in [1.165, 1.54) is 17.3 Å². The van der Waals surface area contributed by atoms with Gasteiger partial charge in [-0.2, -0.15) is 5.10 Å². The number of hydrogen-bond acceptors (Lipinski definition) is 9. The Kier molecular flexibility index (Phi) is 10.9. The Hall–Kier alpha value is -4.64. The second-order valence-electron chi connectivity index (χ2n) is 8.96. The average Bonchev–Trinajstić information content (AvgIpc) is 3.44. The van der Waals surface area contributed by atoms with Crippen LogP contribution in [-0.2, 0) is 22.4 Å². The van der Waals surface area contributed by atoms with Gasteiger partial charge in [-0.25, -0.2) is 5.43 Å². The number of ether oxygens (including phenoxy) is 2. The van der Waals surface area contributed by atoms with E-state index in [0.29, 0.717) is 29.0 Å². The van der Waals surface area contributed by atoms with Crippen molar-refractivity contribution in [2.24, 2.45) is 5.10 Å². The van der Waals surface area contributed by atoms with Gasteiger partial charge in [0.25, 0.3) is 17.0 Å². The number of hydrazone groups is 1. The lowest BCUT2D eigenvalue weighted by Gasteiger charge is -2.07. The van der Waals surface area contributed by atoms with Gasteiger partial charge in [-0.05, 0) is 85.0 Å². The third-order valence-corrected chi connectivity index (χ3v) is 6.69. The normalized spacial score (nSPS) is 10.9. The number of amides is 2. The van der Waals surface area contributed by atoms with Crippen LogP contribution in [0.15, 0.2) is 87.5 Å². The van der Waals surface area contributed by atoms with Crippen LogP contribution in [-0.4, -0.2) is 47.7 Å². The van der Waals surface area contributed by atoms with Gasteiger partial charge in [0.1, 0.15) is 11.5 Å². The van der Waals surface area contributed by atoms with E-state index in [-0.39, 0.29) is 24.2 Å². The predicted octanol–water partition coefficient (Wildman–Crippen LogP) is 4.82. The van der Waals surface area contributed by atoms with Gasteiger partial charge in [-0.3, -0.25) is 9.59 Å². The van der Waals surface area contributed by atoms with Crippen LogP contribution in [0.3, 0.4) is 0 Å². The molecule has 0 spiro atoms. The van der Waals surface area contributed by atoms with Crippen LogP contribution in [0.5, 0.6) is 11.5 Å². The zero-order valence-corrected chi connectivity index (χ0v) is 23.6. The van der Waals surface area contributed by atoms with Crippen molar-refractivity contribution < 1.29 is 23.5 Å². The number of nitrogens with one attached hydrogen (secondary N) is 2. The molecule has 2 N–H and O–H groups in total. The van der Waals surface area contributed by atoms with Crippen molar-refractivity contribution in [3.8, 4) is 11.5 Å². The first-order valence-electron chi connectivity index (χ1n) is 13.0. The standard InChI is InChI=1S/C30H31N5O5S/c1-21-17-26(38-2)16-13-23(21)7-6-10-29-34-35-30(40-29)41-20-28(37)33-31-18-22-11-14-25(15-12-22)39-19-27(36)32-24-8-4-3-5-9-24/h3-5,8-9,11-18H,6-7,10,19-20H2,1-2H3,(H,32,36)(H,33,37). The van der Waals surface area contributed by atoms with Gasteiger partial charge in [0.05, 0.1) is 19.1 Å².